The first-order chi connectivity index (χ1) is 16.5. The Balaban J connectivity index is 1.37. The van der Waals surface area contributed by atoms with Crippen molar-refractivity contribution in [1.82, 2.24) is 20.2 Å². The molecule has 0 bridgehead atoms. The molecule has 2 aromatic carbocycles. The molecular weight excluding hydrogens is 442 g/mol. The highest BCUT2D eigenvalue weighted by atomic mass is 32.1. The zero-order valence-electron chi connectivity index (χ0n) is 19.2. The van der Waals surface area contributed by atoms with Gasteiger partial charge in [0.15, 0.2) is 5.11 Å². The van der Waals surface area contributed by atoms with Crippen LogP contribution in [0.4, 0.5) is 5.69 Å². The average molecular weight is 470 g/mol. The summed E-state index contributed by atoms with van der Waals surface area (Å²) >= 11 is 5.73. The lowest BCUT2D eigenvalue weighted by molar-refractivity contribution is -0.116. The number of fused-ring (bicyclic) bond motifs is 1. The van der Waals surface area contributed by atoms with Crippen molar-refractivity contribution in [2.45, 2.75) is 32.4 Å². The van der Waals surface area contributed by atoms with Crippen molar-refractivity contribution in [3.05, 3.63) is 95.6 Å². The van der Waals surface area contributed by atoms with Crippen molar-refractivity contribution in [1.29, 1.82) is 0 Å². The molecule has 1 fully saturated rings. The molecular formula is C27H27N5OS. The van der Waals surface area contributed by atoms with Crippen molar-refractivity contribution in [2.75, 3.05) is 11.9 Å². The SMILES string of the molecule is Cc1cc([C@H]2[C@H](c3ccccn3)NC(=S)N2CCC(=O)Nc2cccc3ccccc23)c(C)[nH]1. The van der Waals surface area contributed by atoms with Gasteiger partial charge in [0.1, 0.15) is 0 Å². The first kappa shape index (κ1) is 22.1. The van der Waals surface area contributed by atoms with Gasteiger partial charge in [0.2, 0.25) is 5.91 Å². The van der Waals surface area contributed by atoms with Gasteiger partial charge in [-0.1, -0.05) is 42.5 Å². The molecule has 3 heterocycles. The number of carbonyl (C=O) groups excluding carboxylic acids is 1. The number of nitrogens with one attached hydrogen (secondary N) is 3. The van der Waals surface area contributed by atoms with Crippen LogP contribution >= 0.6 is 12.2 Å². The number of nitrogens with zero attached hydrogens (tertiary/aromatic N) is 2. The van der Waals surface area contributed by atoms with E-state index in [1.54, 1.807) is 6.20 Å². The number of benzene rings is 2. The summed E-state index contributed by atoms with van der Waals surface area (Å²) in [6.45, 7) is 4.62. The maximum Gasteiger partial charge on any atom is 0.226 e. The van der Waals surface area contributed by atoms with Crippen LogP contribution in [0.25, 0.3) is 10.8 Å². The Hall–Kier alpha value is -3.71. The van der Waals surface area contributed by atoms with Crippen molar-refractivity contribution >= 4 is 39.7 Å². The maximum absolute atomic E-state index is 13.0. The van der Waals surface area contributed by atoms with Gasteiger partial charge >= 0.3 is 0 Å². The third kappa shape index (κ3) is 4.26. The second-order valence-corrected chi connectivity index (χ2v) is 9.06. The van der Waals surface area contributed by atoms with Crippen molar-refractivity contribution < 1.29 is 4.79 Å². The van der Waals surface area contributed by atoms with Gasteiger partial charge in [0.25, 0.3) is 0 Å². The summed E-state index contributed by atoms with van der Waals surface area (Å²) in [4.78, 5) is 23.1. The van der Waals surface area contributed by atoms with Crippen molar-refractivity contribution in [2.24, 2.45) is 0 Å². The third-order valence-corrected chi connectivity index (χ3v) is 6.70. The Morgan fingerprint density at radius 1 is 1.09 bits per heavy atom. The monoisotopic (exact) mass is 469 g/mol. The molecule has 6 nitrogen and oxygen atoms in total. The van der Waals surface area contributed by atoms with Crippen LogP contribution in [0, 0.1) is 13.8 Å². The zero-order chi connectivity index (χ0) is 23.7. The summed E-state index contributed by atoms with van der Waals surface area (Å²) in [5.74, 6) is -0.0406. The molecule has 0 spiro atoms. The van der Waals surface area contributed by atoms with Crippen LogP contribution in [0.5, 0.6) is 0 Å². The number of rotatable bonds is 6. The van der Waals surface area contributed by atoms with Gasteiger partial charge < -0.3 is 20.5 Å². The Kier molecular flexibility index (Phi) is 6.02. The fourth-order valence-corrected chi connectivity index (χ4v) is 5.14. The summed E-state index contributed by atoms with van der Waals surface area (Å²) in [5.41, 5.74) is 5.11. The first-order valence-electron chi connectivity index (χ1n) is 11.4. The van der Waals surface area contributed by atoms with Crippen LogP contribution in [0.2, 0.25) is 0 Å². The lowest BCUT2D eigenvalue weighted by Gasteiger charge is -2.27. The Labute approximate surface area is 204 Å². The van der Waals surface area contributed by atoms with Crippen LogP contribution in [-0.4, -0.2) is 32.4 Å². The minimum absolute atomic E-state index is 0.0406. The topological polar surface area (TPSA) is 73.1 Å². The van der Waals surface area contributed by atoms with E-state index in [1.807, 2.05) is 60.7 Å². The van der Waals surface area contributed by atoms with Crippen LogP contribution < -0.4 is 10.6 Å². The van der Waals surface area contributed by atoms with Gasteiger partial charge in [-0.25, -0.2) is 0 Å². The Morgan fingerprint density at radius 2 is 1.88 bits per heavy atom. The number of aromatic nitrogens is 2. The summed E-state index contributed by atoms with van der Waals surface area (Å²) < 4.78 is 0. The number of amides is 1. The number of H-pyrrole nitrogens is 1. The van der Waals surface area contributed by atoms with Crippen LogP contribution in [-0.2, 0) is 4.79 Å². The maximum atomic E-state index is 13.0. The molecule has 172 valence electrons. The van der Waals surface area contributed by atoms with Crippen LogP contribution in [0.1, 0.15) is 41.1 Å². The van der Waals surface area contributed by atoms with Gasteiger partial charge in [-0.15, -0.1) is 0 Å². The molecule has 2 aromatic heterocycles. The van der Waals surface area contributed by atoms with E-state index >= 15 is 0 Å². The van der Waals surface area contributed by atoms with Gasteiger partial charge in [0.05, 0.1) is 17.8 Å². The van der Waals surface area contributed by atoms with Crippen LogP contribution in [0.3, 0.4) is 0 Å². The van der Waals surface area contributed by atoms with E-state index in [2.05, 4.69) is 45.4 Å². The van der Waals surface area contributed by atoms with Crippen LogP contribution in [0.15, 0.2) is 72.9 Å². The van der Waals surface area contributed by atoms with E-state index in [1.165, 1.54) is 0 Å². The molecule has 1 aliphatic rings. The van der Waals surface area contributed by atoms with Crippen molar-refractivity contribution in [3.63, 3.8) is 0 Å². The van der Waals surface area contributed by atoms with E-state index < -0.39 is 0 Å². The number of pyridine rings is 1. The van der Waals surface area contributed by atoms with E-state index in [0.717, 1.165) is 39.1 Å². The van der Waals surface area contributed by atoms with Crippen molar-refractivity contribution in [3.8, 4) is 0 Å². The van der Waals surface area contributed by atoms with Gasteiger partial charge in [-0.2, -0.15) is 0 Å². The highest BCUT2D eigenvalue weighted by Gasteiger charge is 2.40. The minimum Gasteiger partial charge on any atom is -0.362 e. The molecule has 4 aromatic rings. The van der Waals surface area contributed by atoms with E-state index in [9.17, 15) is 4.79 Å². The highest BCUT2D eigenvalue weighted by Crippen LogP contribution is 2.40. The second kappa shape index (κ2) is 9.27. The number of aromatic amines is 1. The van der Waals surface area contributed by atoms with Gasteiger partial charge in [0, 0.05) is 41.6 Å². The molecule has 2 atom stereocenters. The average Bonchev–Trinajstić information content (AvgIpc) is 3.35. The minimum atomic E-state index is -0.0938. The summed E-state index contributed by atoms with van der Waals surface area (Å²) in [6.07, 6.45) is 2.12. The molecule has 1 saturated heterocycles. The number of thiocarbonyl (C=S) groups is 1. The molecule has 34 heavy (non-hydrogen) atoms. The predicted molar refractivity (Wildman–Crippen MR) is 140 cm³/mol. The molecule has 0 aliphatic carbocycles. The fourth-order valence-electron chi connectivity index (χ4n) is 4.81. The predicted octanol–water partition coefficient (Wildman–Crippen LogP) is 5.18. The Bertz CT molecular complexity index is 1340. The largest absolute Gasteiger partial charge is 0.362 e. The lowest BCUT2D eigenvalue weighted by Crippen LogP contribution is -2.32. The number of hydrogen-bond donors (Lipinski definition) is 3. The zero-order valence-corrected chi connectivity index (χ0v) is 20.0. The molecule has 1 amide bonds. The molecule has 3 N–H and O–H groups in total. The highest BCUT2D eigenvalue weighted by molar-refractivity contribution is 7.80. The third-order valence-electron chi connectivity index (χ3n) is 6.35. The molecule has 0 radical (unpaired) electrons. The fraction of sp³-hybridized carbons (Fsp3) is 0.222. The molecule has 5 rings (SSSR count). The Morgan fingerprint density at radius 3 is 2.65 bits per heavy atom. The number of carbonyl (C=O) groups is 1. The van der Waals surface area contributed by atoms with E-state index in [-0.39, 0.29) is 18.0 Å². The second-order valence-electron chi connectivity index (χ2n) is 8.68. The number of aryl methyl sites for hydroxylation is 2. The summed E-state index contributed by atoms with van der Waals surface area (Å²) in [5, 5.41) is 9.31. The van der Waals surface area contributed by atoms with E-state index in [0.29, 0.717) is 18.1 Å². The van der Waals surface area contributed by atoms with Gasteiger partial charge in [-0.3, -0.25) is 9.78 Å². The molecule has 1 aliphatic heterocycles. The quantitative estimate of drug-likeness (QED) is 0.339. The molecule has 0 saturated carbocycles. The summed E-state index contributed by atoms with van der Waals surface area (Å²) in [6, 6.07) is 21.9. The molecule has 0 unspecified atom stereocenters. The number of hydrogen-bond acceptors (Lipinski definition) is 3. The summed E-state index contributed by atoms with van der Waals surface area (Å²) in [7, 11) is 0. The molecule has 7 heteroatoms. The normalized spacial score (nSPS) is 17.7. The smallest absolute Gasteiger partial charge is 0.226 e. The standard InChI is InChI=1S/C27H27N5OS/c1-17-16-21(18(2)29-17)26-25(23-11-5-6-14-28-23)31-27(34)32(26)15-13-24(33)30-22-12-7-9-19-8-3-4-10-20(19)22/h3-12,14,16,25-26,29H,13,15H2,1-2H3,(H,30,33)(H,31,34)/t25-,26-/m0/s1. The van der Waals surface area contributed by atoms with Gasteiger partial charge in [-0.05, 0) is 61.3 Å². The lowest BCUT2D eigenvalue weighted by atomic mass is 9.96. The first-order valence-corrected chi connectivity index (χ1v) is 11.8. The number of anilines is 1. The van der Waals surface area contributed by atoms with E-state index in [4.69, 9.17) is 12.2 Å².